The van der Waals surface area contributed by atoms with Crippen LogP contribution in [-0.2, 0) is 0 Å². The van der Waals surface area contributed by atoms with Gasteiger partial charge in [-0.25, -0.2) is 0 Å². The molecule has 0 amide bonds. The smallest absolute Gasteiger partial charge is 0.358 e. The summed E-state index contributed by atoms with van der Waals surface area (Å²) in [6.45, 7) is 5.86. The fourth-order valence-electron chi connectivity index (χ4n) is 1.24. The molecule has 0 unspecified atom stereocenters. The van der Waals surface area contributed by atoms with Crippen molar-refractivity contribution in [1.82, 2.24) is 14.5 Å². The summed E-state index contributed by atoms with van der Waals surface area (Å²) in [6.07, 6.45) is 4.43. The highest BCUT2D eigenvalue weighted by molar-refractivity contribution is 5.34. The molecule has 0 saturated heterocycles. The Hall–Kier alpha value is -2.24. The Bertz CT molecular complexity index is 508. The maximum absolute atomic E-state index is 10.4. The lowest BCUT2D eigenvalue weighted by molar-refractivity contribution is -0.389. The van der Waals surface area contributed by atoms with Crippen molar-refractivity contribution in [2.75, 3.05) is 0 Å². The Balaban J connectivity index is 0.000000686. The summed E-state index contributed by atoms with van der Waals surface area (Å²) in [5, 5.41) is 10.4. The molecule has 90 valence electrons. The van der Waals surface area contributed by atoms with Gasteiger partial charge >= 0.3 is 5.82 Å². The fraction of sp³-hybridized carbons (Fsp3) is 0.273. The Morgan fingerprint density at radius 1 is 1.35 bits per heavy atom. The van der Waals surface area contributed by atoms with Crippen molar-refractivity contribution in [3.8, 4) is 5.69 Å². The first-order valence-corrected chi connectivity index (χ1v) is 5.28. The van der Waals surface area contributed by atoms with Gasteiger partial charge in [-0.2, -0.15) is 0 Å². The zero-order chi connectivity index (χ0) is 12.8. The Kier molecular flexibility index (Phi) is 4.33. The van der Waals surface area contributed by atoms with Crippen LogP contribution < -0.4 is 0 Å². The molecule has 2 aromatic rings. The number of imidazole rings is 1. The predicted molar refractivity (Wildman–Crippen MR) is 64.1 cm³/mol. The minimum Gasteiger partial charge on any atom is -0.358 e. The highest BCUT2D eigenvalue weighted by Gasteiger charge is 2.10. The predicted octanol–water partition coefficient (Wildman–Crippen LogP) is 2.51. The fourth-order valence-corrected chi connectivity index (χ4v) is 1.24. The topological polar surface area (TPSA) is 73.8 Å². The first kappa shape index (κ1) is 12.8. The molecule has 0 aliphatic rings. The highest BCUT2D eigenvalue weighted by atomic mass is 16.6. The van der Waals surface area contributed by atoms with Crippen LogP contribution in [0.3, 0.4) is 0 Å². The second kappa shape index (κ2) is 5.74. The van der Waals surface area contributed by atoms with Gasteiger partial charge in [0.1, 0.15) is 6.20 Å². The number of hydrogen-bond donors (Lipinski definition) is 0. The summed E-state index contributed by atoms with van der Waals surface area (Å²) in [5.74, 6) is -0.163. The van der Waals surface area contributed by atoms with Gasteiger partial charge in [0.15, 0.2) is 0 Å². The molecule has 6 heteroatoms. The number of nitro groups is 1. The Labute approximate surface area is 99.1 Å². The molecule has 0 aromatic carbocycles. The molecular weight excluding hydrogens is 220 g/mol. The molecule has 0 radical (unpaired) electrons. The van der Waals surface area contributed by atoms with Crippen LogP contribution in [0.4, 0.5) is 5.82 Å². The number of aromatic nitrogens is 3. The normalized spacial score (nSPS) is 9.35. The average Bonchev–Trinajstić information content (AvgIpc) is 2.81. The van der Waals surface area contributed by atoms with Gasteiger partial charge in [-0.05, 0) is 29.0 Å². The second-order valence-corrected chi connectivity index (χ2v) is 3.05. The average molecular weight is 234 g/mol. The number of hydrogen-bond acceptors (Lipinski definition) is 4. The van der Waals surface area contributed by atoms with Crippen LogP contribution in [0.1, 0.15) is 19.5 Å². The van der Waals surface area contributed by atoms with E-state index in [0.717, 1.165) is 11.4 Å². The van der Waals surface area contributed by atoms with Crippen LogP contribution in [0, 0.1) is 17.0 Å². The number of pyridine rings is 1. The van der Waals surface area contributed by atoms with Gasteiger partial charge in [0.2, 0.25) is 6.33 Å². The molecule has 0 bridgehead atoms. The Morgan fingerprint density at radius 3 is 2.59 bits per heavy atom. The minimum absolute atomic E-state index is 0.163. The lowest BCUT2D eigenvalue weighted by Crippen LogP contribution is -1.92. The molecule has 0 N–H and O–H groups in total. The molecule has 0 aliphatic carbocycles. The summed E-state index contributed by atoms with van der Waals surface area (Å²) in [5.41, 5.74) is 1.66. The standard InChI is InChI=1S/C9H8N4O2.C2H6/c1-7-4-8(2-3-10-7)12-5-9(11-6-12)13(14)15;1-2/h2-6H,1H3;1-2H3. The van der Waals surface area contributed by atoms with Gasteiger partial charge in [0, 0.05) is 11.9 Å². The molecule has 2 heterocycles. The zero-order valence-electron chi connectivity index (χ0n) is 9.99. The summed E-state index contributed by atoms with van der Waals surface area (Å²) in [6, 6.07) is 3.59. The van der Waals surface area contributed by atoms with E-state index in [1.54, 1.807) is 16.8 Å². The van der Waals surface area contributed by atoms with Crippen LogP contribution in [0.5, 0.6) is 0 Å². The van der Waals surface area contributed by atoms with Crippen molar-refractivity contribution in [2.24, 2.45) is 0 Å². The molecule has 6 nitrogen and oxygen atoms in total. The van der Waals surface area contributed by atoms with Crippen molar-refractivity contribution in [2.45, 2.75) is 20.8 Å². The molecule has 0 aliphatic heterocycles. The van der Waals surface area contributed by atoms with Gasteiger partial charge in [-0.15, -0.1) is 0 Å². The van der Waals surface area contributed by atoms with Crippen molar-refractivity contribution in [1.29, 1.82) is 0 Å². The minimum atomic E-state index is -0.523. The number of rotatable bonds is 2. The van der Waals surface area contributed by atoms with Gasteiger partial charge in [0.25, 0.3) is 0 Å². The van der Waals surface area contributed by atoms with Crippen LogP contribution in [-0.4, -0.2) is 19.5 Å². The Morgan fingerprint density at radius 2 is 2.06 bits per heavy atom. The summed E-state index contributed by atoms with van der Waals surface area (Å²) < 4.78 is 1.59. The monoisotopic (exact) mass is 234 g/mol. The van der Waals surface area contributed by atoms with Crippen molar-refractivity contribution in [3.05, 3.63) is 46.7 Å². The van der Waals surface area contributed by atoms with E-state index in [9.17, 15) is 10.1 Å². The van der Waals surface area contributed by atoms with E-state index in [1.807, 2.05) is 26.8 Å². The van der Waals surface area contributed by atoms with E-state index in [2.05, 4.69) is 9.97 Å². The SMILES string of the molecule is CC.Cc1cc(-n2cnc([N+](=O)[O-])c2)ccn1. The molecule has 17 heavy (non-hydrogen) atoms. The van der Waals surface area contributed by atoms with Crippen LogP contribution in [0.15, 0.2) is 30.9 Å². The maximum Gasteiger partial charge on any atom is 0.381 e. The third-order valence-electron chi connectivity index (χ3n) is 1.93. The van der Waals surface area contributed by atoms with Crippen LogP contribution in [0.2, 0.25) is 0 Å². The quantitative estimate of drug-likeness (QED) is 0.591. The molecule has 0 saturated carbocycles. The van der Waals surface area contributed by atoms with E-state index in [0.29, 0.717) is 0 Å². The molecule has 0 atom stereocenters. The molecule has 2 rings (SSSR count). The molecular formula is C11H14N4O2. The van der Waals surface area contributed by atoms with Gasteiger partial charge < -0.3 is 10.1 Å². The van der Waals surface area contributed by atoms with Crippen molar-refractivity contribution in [3.63, 3.8) is 0 Å². The lowest BCUT2D eigenvalue weighted by atomic mass is 10.3. The van der Waals surface area contributed by atoms with E-state index in [-0.39, 0.29) is 5.82 Å². The first-order chi connectivity index (χ1) is 8.16. The largest absolute Gasteiger partial charge is 0.381 e. The molecule has 2 aromatic heterocycles. The third kappa shape index (κ3) is 3.10. The summed E-state index contributed by atoms with van der Waals surface area (Å²) in [7, 11) is 0. The molecule has 0 fully saturated rings. The van der Waals surface area contributed by atoms with E-state index in [1.165, 1.54) is 12.5 Å². The highest BCUT2D eigenvalue weighted by Crippen LogP contribution is 2.12. The van der Waals surface area contributed by atoms with Gasteiger partial charge in [0.05, 0.1) is 5.69 Å². The third-order valence-corrected chi connectivity index (χ3v) is 1.93. The summed E-state index contributed by atoms with van der Waals surface area (Å²) in [4.78, 5) is 17.6. The van der Waals surface area contributed by atoms with E-state index in [4.69, 9.17) is 0 Å². The first-order valence-electron chi connectivity index (χ1n) is 5.28. The van der Waals surface area contributed by atoms with E-state index < -0.39 is 4.92 Å². The molecule has 0 spiro atoms. The summed E-state index contributed by atoms with van der Waals surface area (Å²) >= 11 is 0. The van der Waals surface area contributed by atoms with Crippen molar-refractivity contribution < 1.29 is 4.92 Å². The van der Waals surface area contributed by atoms with Crippen LogP contribution in [0.25, 0.3) is 5.69 Å². The second-order valence-electron chi connectivity index (χ2n) is 3.05. The van der Waals surface area contributed by atoms with E-state index >= 15 is 0 Å². The van der Waals surface area contributed by atoms with Gasteiger partial charge in [-0.3, -0.25) is 9.55 Å². The number of aryl methyl sites for hydroxylation is 1. The lowest BCUT2D eigenvalue weighted by Gasteiger charge is -1.99. The number of nitrogens with zero attached hydrogens (tertiary/aromatic N) is 4. The maximum atomic E-state index is 10.4. The van der Waals surface area contributed by atoms with Crippen LogP contribution >= 0.6 is 0 Å². The zero-order valence-corrected chi connectivity index (χ0v) is 9.99. The van der Waals surface area contributed by atoms with Gasteiger partial charge in [-0.1, -0.05) is 13.8 Å². The van der Waals surface area contributed by atoms with Crippen molar-refractivity contribution >= 4 is 5.82 Å².